The number of aliphatic hydroxyl groups is 2. The molecule has 0 saturated heterocycles. The Morgan fingerprint density at radius 2 is 1.70 bits per heavy atom. The number of hydrogen-bond donors (Lipinski definition) is 4. The van der Waals surface area contributed by atoms with Crippen LogP contribution in [0.4, 0.5) is 0 Å². The van der Waals surface area contributed by atoms with E-state index in [4.69, 9.17) is 25.3 Å². The normalized spacial score (nSPS) is 62.3. The van der Waals surface area contributed by atoms with Crippen molar-refractivity contribution in [3.8, 4) is 0 Å². The van der Waals surface area contributed by atoms with E-state index < -0.39 is 0 Å². The summed E-state index contributed by atoms with van der Waals surface area (Å²) in [5.41, 5.74) is 0.227. The second-order valence-corrected chi connectivity index (χ2v) is 11.0. The summed E-state index contributed by atoms with van der Waals surface area (Å²) in [6.45, 7) is 4.74. The Morgan fingerprint density at radius 3 is 2.43 bits per heavy atom. The van der Waals surface area contributed by atoms with E-state index in [1.54, 1.807) is 0 Å². The SMILES string of the molecule is C[C@]12CC[C@H]3[C@@H](CC[C@@]4(S)C[C@H](O)C[C@H](S)[C@]34C)[C@@H]1CC[C@@H]2O. The highest BCUT2D eigenvalue weighted by molar-refractivity contribution is 7.82. The Bertz CT molecular complexity index is 500. The molecule has 0 aromatic rings. The van der Waals surface area contributed by atoms with Crippen molar-refractivity contribution in [3.63, 3.8) is 0 Å². The summed E-state index contributed by atoms with van der Waals surface area (Å²) in [6.07, 6.45) is 8.07. The van der Waals surface area contributed by atoms with Gasteiger partial charge in [0.1, 0.15) is 0 Å². The number of aliphatic hydroxyl groups excluding tert-OH is 2. The van der Waals surface area contributed by atoms with Gasteiger partial charge in [0.15, 0.2) is 0 Å². The van der Waals surface area contributed by atoms with Crippen LogP contribution in [0.1, 0.15) is 65.2 Å². The summed E-state index contributed by atoms with van der Waals surface area (Å²) in [5.74, 6) is 2.02. The van der Waals surface area contributed by atoms with E-state index in [1.165, 1.54) is 19.3 Å². The van der Waals surface area contributed by atoms with Crippen LogP contribution >= 0.6 is 25.3 Å². The maximum atomic E-state index is 10.5. The molecule has 132 valence electrons. The number of fused-ring (bicyclic) bond motifs is 5. The average Bonchev–Trinajstić information content (AvgIpc) is 2.77. The maximum Gasteiger partial charge on any atom is 0.0596 e. The third-order valence-corrected chi connectivity index (χ3v) is 10.4. The van der Waals surface area contributed by atoms with Gasteiger partial charge in [0.2, 0.25) is 0 Å². The van der Waals surface area contributed by atoms with Gasteiger partial charge in [-0.3, -0.25) is 0 Å². The monoisotopic (exact) mass is 356 g/mol. The van der Waals surface area contributed by atoms with E-state index >= 15 is 0 Å². The predicted octanol–water partition coefficient (Wildman–Crippen LogP) is 3.71. The minimum absolute atomic E-state index is 0.0801. The molecule has 2 nitrogen and oxygen atoms in total. The first-order chi connectivity index (χ1) is 10.7. The Labute approximate surface area is 151 Å². The molecule has 4 aliphatic carbocycles. The molecule has 4 aliphatic rings. The fraction of sp³-hybridized carbons (Fsp3) is 1.00. The van der Waals surface area contributed by atoms with Gasteiger partial charge in [-0.1, -0.05) is 13.8 Å². The Morgan fingerprint density at radius 1 is 0.957 bits per heavy atom. The Hall–Kier alpha value is 0.620. The molecule has 4 saturated carbocycles. The summed E-state index contributed by atoms with van der Waals surface area (Å²) in [4.78, 5) is 0. The lowest BCUT2D eigenvalue weighted by atomic mass is 9.44. The van der Waals surface area contributed by atoms with Gasteiger partial charge in [-0.2, -0.15) is 25.3 Å². The van der Waals surface area contributed by atoms with Gasteiger partial charge >= 0.3 is 0 Å². The second kappa shape index (κ2) is 5.31. The molecule has 2 N–H and O–H groups in total. The molecule has 0 aromatic carbocycles. The molecule has 0 unspecified atom stereocenters. The summed E-state index contributed by atoms with van der Waals surface area (Å²) in [7, 11) is 0. The van der Waals surface area contributed by atoms with Gasteiger partial charge in [0.05, 0.1) is 12.2 Å². The average molecular weight is 357 g/mol. The fourth-order valence-corrected chi connectivity index (χ4v) is 8.73. The van der Waals surface area contributed by atoms with Crippen LogP contribution in [0.25, 0.3) is 0 Å². The van der Waals surface area contributed by atoms with E-state index in [1.807, 2.05) is 0 Å². The minimum atomic E-state index is -0.248. The van der Waals surface area contributed by atoms with Crippen molar-refractivity contribution in [2.75, 3.05) is 0 Å². The van der Waals surface area contributed by atoms with E-state index in [0.29, 0.717) is 17.8 Å². The Kier molecular flexibility index (Phi) is 3.94. The van der Waals surface area contributed by atoms with Crippen LogP contribution in [0.15, 0.2) is 0 Å². The summed E-state index contributed by atoms with van der Waals surface area (Å²) >= 11 is 10.2. The fourth-order valence-electron chi connectivity index (χ4n) is 7.28. The number of hydrogen-bond acceptors (Lipinski definition) is 4. The maximum absolute atomic E-state index is 10.5. The smallest absolute Gasteiger partial charge is 0.0596 e. The lowest BCUT2D eigenvalue weighted by Gasteiger charge is -2.66. The summed E-state index contributed by atoms with van der Waals surface area (Å²) in [6, 6.07) is 0. The summed E-state index contributed by atoms with van der Waals surface area (Å²) < 4.78 is -0.0801. The van der Waals surface area contributed by atoms with Crippen LogP contribution in [0.5, 0.6) is 0 Å². The Balaban J connectivity index is 1.70. The molecule has 0 aromatic heterocycles. The van der Waals surface area contributed by atoms with Crippen molar-refractivity contribution in [1.29, 1.82) is 0 Å². The van der Waals surface area contributed by atoms with Crippen LogP contribution in [-0.2, 0) is 0 Å². The van der Waals surface area contributed by atoms with Crippen LogP contribution in [-0.4, -0.2) is 32.4 Å². The van der Waals surface area contributed by atoms with Crippen LogP contribution < -0.4 is 0 Å². The molecule has 0 aliphatic heterocycles. The van der Waals surface area contributed by atoms with E-state index in [2.05, 4.69) is 13.8 Å². The molecule has 9 atom stereocenters. The first-order valence-electron chi connectivity index (χ1n) is 9.49. The van der Waals surface area contributed by atoms with E-state index in [9.17, 15) is 10.2 Å². The molecule has 0 bridgehead atoms. The van der Waals surface area contributed by atoms with Gasteiger partial charge in [-0.25, -0.2) is 0 Å². The molecule has 0 amide bonds. The molecule has 23 heavy (non-hydrogen) atoms. The van der Waals surface area contributed by atoms with Crippen molar-refractivity contribution >= 4 is 25.3 Å². The molecular formula is C19H32O2S2. The topological polar surface area (TPSA) is 40.5 Å². The van der Waals surface area contributed by atoms with E-state index in [-0.39, 0.29) is 33.0 Å². The van der Waals surface area contributed by atoms with Crippen molar-refractivity contribution in [3.05, 3.63) is 0 Å². The lowest BCUT2D eigenvalue weighted by Crippen LogP contribution is -2.64. The van der Waals surface area contributed by atoms with Gasteiger partial charge < -0.3 is 10.2 Å². The van der Waals surface area contributed by atoms with E-state index in [0.717, 1.165) is 32.1 Å². The lowest BCUT2D eigenvalue weighted by molar-refractivity contribution is -0.118. The second-order valence-electron chi connectivity index (χ2n) is 9.48. The summed E-state index contributed by atoms with van der Waals surface area (Å²) in [5, 5.41) is 21.1. The minimum Gasteiger partial charge on any atom is -0.393 e. The molecule has 4 fully saturated rings. The largest absolute Gasteiger partial charge is 0.393 e. The standard InChI is InChI=1S/C19H32O2S2/c1-17-7-6-14-12(13(17)3-4-15(17)21)5-8-19(23)10-11(20)9-16(22)18(14,19)2/h11-16,20-23H,3-10H2,1-2H3/t11-,12+,13+,14+,15+,16+,17+,18+,19-/m1/s1. The van der Waals surface area contributed by atoms with Gasteiger partial charge in [0, 0.05) is 10.00 Å². The molecule has 4 heteroatoms. The quantitative estimate of drug-likeness (QED) is 0.500. The van der Waals surface area contributed by atoms with Crippen LogP contribution in [0, 0.1) is 28.6 Å². The zero-order valence-corrected chi connectivity index (χ0v) is 16.2. The highest BCUT2D eigenvalue weighted by Gasteiger charge is 2.65. The third kappa shape index (κ3) is 2.10. The number of thiol groups is 2. The van der Waals surface area contributed by atoms with Crippen molar-refractivity contribution in [2.45, 2.75) is 87.4 Å². The predicted molar refractivity (Wildman–Crippen MR) is 100 cm³/mol. The molecular weight excluding hydrogens is 324 g/mol. The zero-order chi connectivity index (χ0) is 16.6. The molecule has 0 heterocycles. The zero-order valence-electron chi connectivity index (χ0n) is 14.4. The molecule has 0 radical (unpaired) electrons. The highest BCUT2D eigenvalue weighted by atomic mass is 32.1. The first kappa shape index (κ1) is 17.1. The third-order valence-electron chi connectivity index (χ3n) is 8.81. The molecule has 4 rings (SSSR count). The van der Waals surface area contributed by atoms with Gasteiger partial charge in [0.25, 0.3) is 0 Å². The highest BCUT2D eigenvalue weighted by Crippen LogP contribution is 2.69. The van der Waals surface area contributed by atoms with Crippen LogP contribution in [0.3, 0.4) is 0 Å². The number of rotatable bonds is 0. The first-order valence-corrected chi connectivity index (χ1v) is 10.5. The van der Waals surface area contributed by atoms with Gasteiger partial charge in [-0.15, -0.1) is 0 Å². The molecule has 0 spiro atoms. The van der Waals surface area contributed by atoms with Crippen molar-refractivity contribution < 1.29 is 10.2 Å². The van der Waals surface area contributed by atoms with Crippen molar-refractivity contribution in [1.82, 2.24) is 0 Å². The van der Waals surface area contributed by atoms with Crippen LogP contribution in [0.2, 0.25) is 0 Å². The van der Waals surface area contributed by atoms with Gasteiger partial charge in [-0.05, 0) is 80.0 Å². The van der Waals surface area contributed by atoms with Crippen molar-refractivity contribution in [2.24, 2.45) is 28.6 Å².